The van der Waals surface area contributed by atoms with Crippen molar-refractivity contribution in [2.24, 2.45) is 17.1 Å². The summed E-state index contributed by atoms with van der Waals surface area (Å²) >= 11 is 0. The Labute approximate surface area is 125 Å². The number of hydrogen-bond donors (Lipinski definition) is 2. The molecule has 118 valence electrons. The minimum atomic E-state index is -0.888. The quantitative estimate of drug-likeness (QED) is 0.786. The molecule has 2 unspecified atom stereocenters. The Morgan fingerprint density at radius 1 is 1.50 bits per heavy atom. The Morgan fingerprint density at radius 2 is 2.15 bits per heavy atom. The molecule has 3 N–H and O–H groups in total. The van der Waals surface area contributed by atoms with Crippen LogP contribution in [0.5, 0.6) is 0 Å². The summed E-state index contributed by atoms with van der Waals surface area (Å²) < 4.78 is 11.0. The summed E-state index contributed by atoms with van der Waals surface area (Å²) in [4.78, 5) is 12.1. The maximum atomic E-state index is 12.1. The molecule has 0 aromatic carbocycles. The highest BCUT2D eigenvalue weighted by atomic mass is 32.2. The third-order valence-corrected chi connectivity index (χ3v) is 5.62. The number of rotatable bonds is 6. The van der Waals surface area contributed by atoms with Gasteiger partial charge in [-0.25, -0.2) is 0 Å². The van der Waals surface area contributed by atoms with E-state index in [1.807, 2.05) is 0 Å². The SMILES string of the molecule is CC(C)C1(C)CCCC(NC(=O)[C@@H](N)CC[S@@](C)=O)C1. The highest BCUT2D eigenvalue weighted by Crippen LogP contribution is 2.41. The molecule has 0 saturated heterocycles. The van der Waals surface area contributed by atoms with Crippen LogP contribution in [0.1, 0.15) is 52.9 Å². The molecule has 1 aliphatic carbocycles. The van der Waals surface area contributed by atoms with Gasteiger partial charge in [0.15, 0.2) is 0 Å². The van der Waals surface area contributed by atoms with Gasteiger partial charge in [-0.05, 0) is 37.0 Å². The van der Waals surface area contributed by atoms with E-state index in [1.54, 1.807) is 6.26 Å². The lowest BCUT2D eigenvalue weighted by molar-refractivity contribution is -0.123. The van der Waals surface area contributed by atoms with E-state index in [1.165, 1.54) is 6.42 Å². The summed E-state index contributed by atoms with van der Waals surface area (Å²) in [5.41, 5.74) is 6.17. The highest BCUT2D eigenvalue weighted by Gasteiger charge is 2.35. The Morgan fingerprint density at radius 3 is 2.70 bits per heavy atom. The topological polar surface area (TPSA) is 72.2 Å². The first-order valence-corrected chi connectivity index (χ1v) is 9.33. The lowest BCUT2D eigenvalue weighted by atomic mass is 9.67. The number of nitrogens with two attached hydrogens (primary N) is 1. The van der Waals surface area contributed by atoms with Crippen molar-refractivity contribution in [1.29, 1.82) is 0 Å². The van der Waals surface area contributed by atoms with Gasteiger partial charge in [-0.15, -0.1) is 0 Å². The van der Waals surface area contributed by atoms with Crippen LogP contribution in [0.4, 0.5) is 0 Å². The van der Waals surface area contributed by atoms with Crippen molar-refractivity contribution in [2.45, 2.75) is 65.0 Å². The predicted octanol–water partition coefficient (Wildman–Crippen LogP) is 1.80. The average molecular weight is 302 g/mol. The van der Waals surface area contributed by atoms with Gasteiger partial charge in [0.05, 0.1) is 6.04 Å². The van der Waals surface area contributed by atoms with Crippen LogP contribution in [-0.4, -0.2) is 34.2 Å². The molecule has 4 atom stereocenters. The standard InChI is InChI=1S/C15H30N2O2S/c1-11(2)15(3)8-5-6-12(10-15)17-14(18)13(16)7-9-20(4)19/h11-13H,5-10,16H2,1-4H3,(H,17,18)/t12?,13-,15?,20+/m0/s1. The van der Waals surface area contributed by atoms with Crippen LogP contribution in [0.25, 0.3) is 0 Å². The number of amides is 1. The van der Waals surface area contributed by atoms with E-state index in [0.29, 0.717) is 23.5 Å². The summed E-state index contributed by atoms with van der Waals surface area (Å²) in [6.45, 7) is 6.83. The summed E-state index contributed by atoms with van der Waals surface area (Å²) in [5.74, 6) is 1.02. The number of carbonyl (C=O) groups is 1. The molecule has 1 fully saturated rings. The van der Waals surface area contributed by atoms with Crippen molar-refractivity contribution in [3.63, 3.8) is 0 Å². The van der Waals surface area contributed by atoms with Gasteiger partial charge in [0, 0.05) is 28.9 Å². The molecule has 1 amide bonds. The van der Waals surface area contributed by atoms with Crippen molar-refractivity contribution in [1.82, 2.24) is 5.32 Å². The third kappa shape index (κ3) is 5.17. The Bertz CT molecular complexity index is 360. The fourth-order valence-electron chi connectivity index (χ4n) is 2.90. The smallest absolute Gasteiger partial charge is 0.237 e. The Hall–Kier alpha value is -0.420. The van der Waals surface area contributed by atoms with Gasteiger partial charge < -0.3 is 11.1 Å². The second-order valence-electron chi connectivity index (χ2n) is 6.78. The molecule has 0 aromatic rings. The first-order valence-electron chi connectivity index (χ1n) is 7.60. The second kappa shape index (κ2) is 7.55. The van der Waals surface area contributed by atoms with E-state index < -0.39 is 16.8 Å². The molecule has 0 aliphatic heterocycles. The van der Waals surface area contributed by atoms with E-state index in [0.717, 1.165) is 19.3 Å². The average Bonchev–Trinajstić information content (AvgIpc) is 2.35. The van der Waals surface area contributed by atoms with Gasteiger partial charge in [-0.3, -0.25) is 9.00 Å². The van der Waals surface area contributed by atoms with E-state index in [-0.39, 0.29) is 11.9 Å². The van der Waals surface area contributed by atoms with Crippen LogP contribution in [-0.2, 0) is 15.6 Å². The Kier molecular flexibility index (Phi) is 6.65. The Balaban J connectivity index is 2.47. The minimum Gasteiger partial charge on any atom is -0.352 e. The molecule has 0 radical (unpaired) electrons. The van der Waals surface area contributed by atoms with Crippen LogP contribution in [0.15, 0.2) is 0 Å². The van der Waals surface area contributed by atoms with Crippen LogP contribution in [0.2, 0.25) is 0 Å². The van der Waals surface area contributed by atoms with Crippen molar-refractivity contribution in [2.75, 3.05) is 12.0 Å². The normalized spacial score (nSPS) is 30.0. The van der Waals surface area contributed by atoms with E-state index >= 15 is 0 Å². The fraction of sp³-hybridized carbons (Fsp3) is 0.933. The molecular formula is C15H30N2O2S. The molecule has 4 nitrogen and oxygen atoms in total. The first-order chi connectivity index (χ1) is 9.24. The zero-order valence-corrected chi connectivity index (χ0v) is 14.1. The second-order valence-corrected chi connectivity index (χ2v) is 8.34. The summed E-state index contributed by atoms with van der Waals surface area (Å²) in [6, 6.07) is -0.298. The number of nitrogens with one attached hydrogen (secondary N) is 1. The molecule has 0 spiro atoms. The first kappa shape index (κ1) is 17.6. The summed E-state index contributed by atoms with van der Waals surface area (Å²) in [6.07, 6.45) is 6.60. The third-order valence-electron chi connectivity index (χ3n) is 4.81. The molecule has 1 aliphatic rings. The molecule has 0 bridgehead atoms. The predicted molar refractivity (Wildman–Crippen MR) is 84.9 cm³/mol. The lowest BCUT2D eigenvalue weighted by Crippen LogP contribution is -2.49. The zero-order chi connectivity index (χ0) is 15.3. The number of carbonyl (C=O) groups excluding carboxylic acids is 1. The van der Waals surface area contributed by atoms with E-state index in [2.05, 4.69) is 26.1 Å². The van der Waals surface area contributed by atoms with Gasteiger partial charge in [-0.2, -0.15) is 0 Å². The van der Waals surface area contributed by atoms with Gasteiger partial charge in [0.1, 0.15) is 0 Å². The number of hydrogen-bond acceptors (Lipinski definition) is 3. The summed E-state index contributed by atoms with van der Waals surface area (Å²) in [5, 5.41) is 3.09. The maximum absolute atomic E-state index is 12.1. The van der Waals surface area contributed by atoms with Crippen molar-refractivity contribution in [3.05, 3.63) is 0 Å². The van der Waals surface area contributed by atoms with Crippen LogP contribution in [0, 0.1) is 11.3 Å². The molecule has 5 heteroatoms. The lowest BCUT2D eigenvalue weighted by Gasteiger charge is -2.41. The zero-order valence-electron chi connectivity index (χ0n) is 13.3. The minimum absolute atomic E-state index is 0.0894. The van der Waals surface area contributed by atoms with Gasteiger partial charge in [-0.1, -0.05) is 27.2 Å². The van der Waals surface area contributed by atoms with Crippen LogP contribution in [0.3, 0.4) is 0 Å². The molecule has 20 heavy (non-hydrogen) atoms. The van der Waals surface area contributed by atoms with Crippen molar-refractivity contribution >= 4 is 16.7 Å². The molecule has 1 rings (SSSR count). The van der Waals surface area contributed by atoms with Crippen LogP contribution < -0.4 is 11.1 Å². The van der Waals surface area contributed by atoms with Gasteiger partial charge in [0.25, 0.3) is 0 Å². The van der Waals surface area contributed by atoms with Gasteiger partial charge in [0.2, 0.25) is 5.91 Å². The highest BCUT2D eigenvalue weighted by molar-refractivity contribution is 7.84. The van der Waals surface area contributed by atoms with E-state index in [9.17, 15) is 9.00 Å². The molecule has 0 aromatic heterocycles. The largest absolute Gasteiger partial charge is 0.352 e. The molecular weight excluding hydrogens is 272 g/mol. The molecule has 0 heterocycles. The summed E-state index contributed by atoms with van der Waals surface area (Å²) in [7, 11) is -0.888. The van der Waals surface area contributed by atoms with Gasteiger partial charge >= 0.3 is 0 Å². The van der Waals surface area contributed by atoms with Crippen molar-refractivity contribution in [3.8, 4) is 0 Å². The molecule has 1 saturated carbocycles. The fourth-order valence-corrected chi connectivity index (χ4v) is 3.48. The maximum Gasteiger partial charge on any atom is 0.237 e. The van der Waals surface area contributed by atoms with E-state index in [4.69, 9.17) is 5.73 Å². The monoisotopic (exact) mass is 302 g/mol. The van der Waals surface area contributed by atoms with Crippen molar-refractivity contribution < 1.29 is 9.00 Å². The van der Waals surface area contributed by atoms with Crippen LogP contribution >= 0.6 is 0 Å².